The number of amides is 1. The van der Waals surface area contributed by atoms with Gasteiger partial charge in [-0.3, -0.25) is 4.79 Å². The van der Waals surface area contributed by atoms with Crippen LogP contribution >= 0.6 is 0 Å². The van der Waals surface area contributed by atoms with E-state index in [9.17, 15) is 18.0 Å². The van der Waals surface area contributed by atoms with Gasteiger partial charge in [-0.25, -0.2) is 0 Å². The standard InChI is InChI=1S/C12H14F3NO2/c1-2-10(7-17)16-11(18)8-4-3-5-9(6-8)12(13,14)15/h3-6,10,17H,2,7H2,1H3,(H,16,18). The molecule has 0 aromatic heterocycles. The molecule has 0 heterocycles. The number of halogens is 3. The van der Waals surface area contributed by atoms with Crippen LogP contribution in [0.5, 0.6) is 0 Å². The average Bonchev–Trinajstić information content (AvgIpc) is 2.34. The summed E-state index contributed by atoms with van der Waals surface area (Å²) in [6.45, 7) is 1.51. The fourth-order valence-electron chi connectivity index (χ4n) is 1.38. The van der Waals surface area contributed by atoms with Gasteiger partial charge < -0.3 is 10.4 Å². The molecule has 18 heavy (non-hydrogen) atoms. The van der Waals surface area contributed by atoms with E-state index in [2.05, 4.69) is 5.32 Å². The molecule has 0 spiro atoms. The lowest BCUT2D eigenvalue weighted by atomic mass is 10.1. The Balaban J connectivity index is 2.87. The Morgan fingerprint density at radius 3 is 2.61 bits per heavy atom. The highest BCUT2D eigenvalue weighted by Gasteiger charge is 2.30. The summed E-state index contributed by atoms with van der Waals surface area (Å²) in [6, 6.07) is 3.72. The quantitative estimate of drug-likeness (QED) is 0.873. The lowest BCUT2D eigenvalue weighted by Crippen LogP contribution is -2.37. The highest BCUT2D eigenvalue weighted by Crippen LogP contribution is 2.29. The Morgan fingerprint density at radius 1 is 1.44 bits per heavy atom. The second-order valence-corrected chi connectivity index (χ2v) is 3.84. The first-order chi connectivity index (χ1) is 8.38. The number of rotatable bonds is 4. The summed E-state index contributed by atoms with van der Waals surface area (Å²) >= 11 is 0. The minimum atomic E-state index is -4.47. The van der Waals surface area contributed by atoms with E-state index in [0.29, 0.717) is 6.42 Å². The van der Waals surface area contributed by atoms with E-state index in [4.69, 9.17) is 5.11 Å². The lowest BCUT2D eigenvalue weighted by molar-refractivity contribution is -0.137. The van der Waals surface area contributed by atoms with Crippen molar-refractivity contribution in [1.29, 1.82) is 0 Å². The summed E-state index contributed by atoms with van der Waals surface area (Å²) in [7, 11) is 0. The predicted octanol–water partition coefficient (Wildman–Crippen LogP) is 2.21. The van der Waals surface area contributed by atoms with Crippen molar-refractivity contribution in [1.82, 2.24) is 5.32 Å². The summed E-state index contributed by atoms with van der Waals surface area (Å²) < 4.78 is 37.4. The van der Waals surface area contributed by atoms with E-state index in [0.717, 1.165) is 12.1 Å². The van der Waals surface area contributed by atoms with Crippen LogP contribution in [0.25, 0.3) is 0 Å². The van der Waals surface area contributed by atoms with Crippen LogP contribution in [0.2, 0.25) is 0 Å². The molecular weight excluding hydrogens is 247 g/mol. The molecule has 2 N–H and O–H groups in total. The lowest BCUT2D eigenvalue weighted by Gasteiger charge is -2.14. The molecule has 1 unspecified atom stereocenters. The summed E-state index contributed by atoms with van der Waals surface area (Å²) in [6.07, 6.45) is -3.97. The molecule has 0 saturated carbocycles. The first-order valence-electron chi connectivity index (χ1n) is 5.47. The van der Waals surface area contributed by atoms with Crippen molar-refractivity contribution in [3.8, 4) is 0 Å². The second kappa shape index (κ2) is 5.86. The summed E-state index contributed by atoms with van der Waals surface area (Å²) in [4.78, 5) is 11.7. The van der Waals surface area contributed by atoms with Crippen LogP contribution in [0.15, 0.2) is 24.3 Å². The van der Waals surface area contributed by atoms with E-state index in [1.165, 1.54) is 12.1 Å². The molecule has 0 saturated heterocycles. The van der Waals surface area contributed by atoms with E-state index in [-0.39, 0.29) is 12.2 Å². The van der Waals surface area contributed by atoms with Gasteiger partial charge in [0.2, 0.25) is 0 Å². The highest BCUT2D eigenvalue weighted by atomic mass is 19.4. The molecule has 6 heteroatoms. The van der Waals surface area contributed by atoms with Gasteiger partial charge in [0.05, 0.1) is 18.2 Å². The van der Waals surface area contributed by atoms with Gasteiger partial charge in [0, 0.05) is 5.56 Å². The summed E-state index contributed by atoms with van der Waals surface area (Å²) in [5.41, 5.74) is -0.941. The molecule has 0 radical (unpaired) electrons. The molecular formula is C12H14F3NO2. The summed E-state index contributed by atoms with van der Waals surface area (Å²) in [5, 5.41) is 11.4. The minimum Gasteiger partial charge on any atom is -0.394 e. The molecule has 0 aliphatic carbocycles. The SMILES string of the molecule is CCC(CO)NC(=O)c1cccc(C(F)(F)F)c1. The number of aliphatic hydroxyl groups excluding tert-OH is 1. The van der Waals surface area contributed by atoms with Crippen molar-refractivity contribution in [3.63, 3.8) is 0 Å². The Hall–Kier alpha value is -1.56. The van der Waals surface area contributed by atoms with Gasteiger partial charge in [-0.05, 0) is 24.6 Å². The van der Waals surface area contributed by atoms with Crippen molar-refractivity contribution in [3.05, 3.63) is 35.4 Å². The molecule has 3 nitrogen and oxygen atoms in total. The minimum absolute atomic E-state index is 0.0725. The Kier molecular flexibility index (Phi) is 4.72. The maximum atomic E-state index is 12.5. The van der Waals surface area contributed by atoms with Gasteiger partial charge in [-0.15, -0.1) is 0 Å². The Labute approximate surface area is 103 Å². The molecule has 100 valence electrons. The Bertz CT molecular complexity index is 414. The van der Waals surface area contributed by atoms with Crippen LogP contribution in [0.4, 0.5) is 13.2 Å². The Morgan fingerprint density at radius 2 is 2.11 bits per heavy atom. The number of carbonyl (C=O) groups is 1. The topological polar surface area (TPSA) is 49.3 Å². The molecule has 1 amide bonds. The molecule has 1 rings (SSSR count). The highest BCUT2D eigenvalue weighted by molar-refractivity contribution is 5.94. The maximum absolute atomic E-state index is 12.5. The number of alkyl halides is 3. The third kappa shape index (κ3) is 3.73. The van der Waals surface area contributed by atoms with Crippen LogP contribution in [-0.2, 0) is 6.18 Å². The molecule has 1 atom stereocenters. The molecule has 0 bridgehead atoms. The predicted molar refractivity (Wildman–Crippen MR) is 60.1 cm³/mol. The zero-order valence-corrected chi connectivity index (χ0v) is 9.79. The number of benzene rings is 1. The molecule has 1 aromatic rings. The fourth-order valence-corrected chi connectivity index (χ4v) is 1.38. The fraction of sp³-hybridized carbons (Fsp3) is 0.417. The van der Waals surface area contributed by atoms with Crippen LogP contribution in [0.1, 0.15) is 29.3 Å². The maximum Gasteiger partial charge on any atom is 0.416 e. The van der Waals surface area contributed by atoms with Gasteiger partial charge in [-0.2, -0.15) is 13.2 Å². The van der Waals surface area contributed by atoms with Gasteiger partial charge in [0.15, 0.2) is 0 Å². The third-order valence-electron chi connectivity index (χ3n) is 2.50. The normalized spacial score (nSPS) is 13.2. The molecule has 0 fully saturated rings. The van der Waals surface area contributed by atoms with Crippen molar-refractivity contribution in [2.24, 2.45) is 0 Å². The van der Waals surface area contributed by atoms with Gasteiger partial charge in [0.25, 0.3) is 5.91 Å². The van der Waals surface area contributed by atoms with Crippen molar-refractivity contribution >= 4 is 5.91 Å². The second-order valence-electron chi connectivity index (χ2n) is 3.84. The number of hydrogen-bond acceptors (Lipinski definition) is 2. The summed E-state index contributed by atoms with van der Waals surface area (Å²) in [5.74, 6) is -0.623. The first kappa shape index (κ1) is 14.5. The number of carbonyl (C=O) groups excluding carboxylic acids is 1. The van der Waals surface area contributed by atoms with Crippen LogP contribution in [0, 0.1) is 0 Å². The zero-order valence-electron chi connectivity index (χ0n) is 9.79. The van der Waals surface area contributed by atoms with E-state index in [1.807, 2.05) is 0 Å². The van der Waals surface area contributed by atoms with Gasteiger partial charge >= 0.3 is 6.18 Å². The van der Waals surface area contributed by atoms with E-state index < -0.39 is 23.7 Å². The number of hydrogen-bond donors (Lipinski definition) is 2. The smallest absolute Gasteiger partial charge is 0.394 e. The number of nitrogens with one attached hydrogen (secondary N) is 1. The third-order valence-corrected chi connectivity index (χ3v) is 2.50. The van der Waals surface area contributed by atoms with Crippen molar-refractivity contribution in [2.75, 3.05) is 6.61 Å². The average molecular weight is 261 g/mol. The van der Waals surface area contributed by atoms with E-state index in [1.54, 1.807) is 6.92 Å². The molecule has 1 aromatic carbocycles. The largest absolute Gasteiger partial charge is 0.416 e. The van der Waals surface area contributed by atoms with Gasteiger partial charge in [0.1, 0.15) is 0 Å². The van der Waals surface area contributed by atoms with Crippen molar-refractivity contribution < 1.29 is 23.1 Å². The van der Waals surface area contributed by atoms with Crippen molar-refractivity contribution in [2.45, 2.75) is 25.6 Å². The first-order valence-corrected chi connectivity index (χ1v) is 5.47. The monoisotopic (exact) mass is 261 g/mol. The molecule has 0 aliphatic rings. The van der Waals surface area contributed by atoms with Gasteiger partial charge in [-0.1, -0.05) is 13.0 Å². The number of aliphatic hydroxyl groups is 1. The van der Waals surface area contributed by atoms with Crippen LogP contribution in [-0.4, -0.2) is 23.7 Å². The van der Waals surface area contributed by atoms with Crippen LogP contribution in [0.3, 0.4) is 0 Å². The zero-order chi connectivity index (χ0) is 13.8. The molecule has 0 aliphatic heterocycles. The van der Waals surface area contributed by atoms with E-state index >= 15 is 0 Å². The van der Waals surface area contributed by atoms with Crippen LogP contribution < -0.4 is 5.32 Å².